The number of amides is 1. The zero-order valence-corrected chi connectivity index (χ0v) is 11.1. The lowest BCUT2D eigenvalue weighted by Crippen LogP contribution is -2.38. The Morgan fingerprint density at radius 1 is 1.56 bits per heavy atom. The number of rotatable bonds is 5. The number of nitrogens with two attached hydrogens (primary N) is 1. The second-order valence-corrected chi connectivity index (χ2v) is 4.59. The van der Waals surface area contributed by atoms with Crippen LogP contribution in [0, 0.1) is 6.92 Å². The predicted molar refractivity (Wildman–Crippen MR) is 73.4 cm³/mol. The van der Waals surface area contributed by atoms with Gasteiger partial charge in [-0.25, -0.2) is 0 Å². The number of nitrogen functional groups attached to an aromatic ring is 1. The summed E-state index contributed by atoms with van der Waals surface area (Å²) in [5, 5.41) is 11.7. The molecule has 0 saturated heterocycles. The molecule has 0 spiro atoms. The van der Waals surface area contributed by atoms with Crippen molar-refractivity contribution in [3.63, 3.8) is 0 Å². The number of nitrogens with zero attached hydrogens (tertiary/aromatic N) is 1. The van der Waals surface area contributed by atoms with Crippen molar-refractivity contribution in [2.45, 2.75) is 19.9 Å². The third-order valence-electron chi connectivity index (χ3n) is 2.89. The van der Waals surface area contributed by atoms with Crippen molar-refractivity contribution in [1.82, 2.24) is 4.90 Å². The highest BCUT2D eigenvalue weighted by Crippen LogP contribution is 2.19. The smallest absolute Gasteiger partial charge is 0.238 e. The zero-order valence-electron chi connectivity index (χ0n) is 11.1. The van der Waals surface area contributed by atoms with Crippen LogP contribution in [0.4, 0.5) is 11.4 Å². The highest BCUT2D eigenvalue weighted by atomic mass is 16.3. The van der Waals surface area contributed by atoms with Crippen molar-refractivity contribution in [3.8, 4) is 0 Å². The molecule has 100 valence electrons. The van der Waals surface area contributed by atoms with E-state index >= 15 is 0 Å². The van der Waals surface area contributed by atoms with E-state index < -0.39 is 0 Å². The Hall–Kier alpha value is -1.59. The second kappa shape index (κ2) is 6.37. The van der Waals surface area contributed by atoms with Gasteiger partial charge in [-0.3, -0.25) is 9.69 Å². The largest absolute Gasteiger partial charge is 0.397 e. The predicted octanol–water partition coefficient (Wildman–Crippen LogP) is 0.828. The van der Waals surface area contributed by atoms with Crippen molar-refractivity contribution in [3.05, 3.63) is 23.8 Å². The number of hydrogen-bond acceptors (Lipinski definition) is 4. The van der Waals surface area contributed by atoms with E-state index in [1.54, 1.807) is 18.0 Å². The highest BCUT2D eigenvalue weighted by Gasteiger charge is 2.12. The Morgan fingerprint density at radius 2 is 2.22 bits per heavy atom. The van der Waals surface area contributed by atoms with E-state index in [4.69, 9.17) is 10.8 Å². The van der Waals surface area contributed by atoms with E-state index in [0.29, 0.717) is 11.4 Å². The molecule has 1 aromatic carbocycles. The maximum absolute atomic E-state index is 11.8. The fraction of sp³-hybridized carbons (Fsp3) is 0.462. The summed E-state index contributed by atoms with van der Waals surface area (Å²) >= 11 is 0. The van der Waals surface area contributed by atoms with Crippen molar-refractivity contribution in [1.29, 1.82) is 0 Å². The molecule has 1 unspecified atom stereocenters. The molecule has 0 saturated carbocycles. The first-order valence-corrected chi connectivity index (χ1v) is 5.91. The molecule has 5 heteroatoms. The molecule has 18 heavy (non-hydrogen) atoms. The summed E-state index contributed by atoms with van der Waals surface area (Å²) in [5.74, 6) is -0.145. The minimum absolute atomic E-state index is 0.0243. The van der Waals surface area contributed by atoms with Gasteiger partial charge >= 0.3 is 0 Å². The summed E-state index contributed by atoms with van der Waals surface area (Å²) in [6, 6.07) is 5.45. The first-order chi connectivity index (χ1) is 8.43. The first-order valence-electron chi connectivity index (χ1n) is 5.91. The molecule has 5 nitrogen and oxygen atoms in total. The summed E-state index contributed by atoms with van der Waals surface area (Å²) in [4.78, 5) is 13.6. The molecule has 0 aliphatic carbocycles. The van der Waals surface area contributed by atoms with Crippen LogP contribution < -0.4 is 11.1 Å². The van der Waals surface area contributed by atoms with Crippen molar-refractivity contribution in [2.24, 2.45) is 0 Å². The van der Waals surface area contributed by atoms with Crippen molar-refractivity contribution < 1.29 is 9.90 Å². The molecule has 0 aromatic heterocycles. The molecule has 0 fully saturated rings. The molecule has 0 aliphatic heterocycles. The van der Waals surface area contributed by atoms with Crippen LogP contribution in [0.2, 0.25) is 0 Å². The molecular weight excluding hydrogens is 230 g/mol. The molecule has 0 aliphatic rings. The minimum atomic E-state index is -0.145. The van der Waals surface area contributed by atoms with Gasteiger partial charge in [0, 0.05) is 6.04 Å². The van der Waals surface area contributed by atoms with Crippen LogP contribution in [-0.2, 0) is 4.79 Å². The summed E-state index contributed by atoms with van der Waals surface area (Å²) < 4.78 is 0. The lowest BCUT2D eigenvalue weighted by atomic mass is 10.2. The number of likely N-dealkylation sites (N-methyl/N-ethyl adjacent to an activating group) is 1. The Balaban J connectivity index is 2.59. The van der Waals surface area contributed by atoms with E-state index in [2.05, 4.69) is 5.32 Å². The van der Waals surface area contributed by atoms with Crippen LogP contribution >= 0.6 is 0 Å². The van der Waals surface area contributed by atoms with Gasteiger partial charge in [0.1, 0.15) is 0 Å². The van der Waals surface area contributed by atoms with E-state index in [9.17, 15) is 4.79 Å². The summed E-state index contributed by atoms with van der Waals surface area (Å²) in [5.41, 5.74) is 8.05. The maximum atomic E-state index is 11.8. The van der Waals surface area contributed by atoms with E-state index in [1.807, 2.05) is 26.0 Å². The average Bonchev–Trinajstić information content (AvgIpc) is 2.31. The number of aliphatic hydroxyl groups excluding tert-OH is 1. The fourth-order valence-corrected chi connectivity index (χ4v) is 1.51. The molecule has 1 aromatic rings. The number of nitrogens with one attached hydrogen (secondary N) is 1. The maximum Gasteiger partial charge on any atom is 0.238 e. The van der Waals surface area contributed by atoms with Crippen LogP contribution in [0.1, 0.15) is 12.5 Å². The minimum Gasteiger partial charge on any atom is -0.397 e. The van der Waals surface area contributed by atoms with Gasteiger partial charge < -0.3 is 16.2 Å². The normalized spacial score (nSPS) is 12.5. The third kappa shape index (κ3) is 4.01. The Morgan fingerprint density at radius 3 is 2.78 bits per heavy atom. The van der Waals surface area contributed by atoms with Crippen molar-refractivity contribution >= 4 is 17.3 Å². The van der Waals surface area contributed by atoms with Gasteiger partial charge in [-0.2, -0.15) is 0 Å². The molecule has 0 bridgehead atoms. The Kier molecular flexibility index (Phi) is 5.12. The van der Waals surface area contributed by atoms with Gasteiger partial charge in [-0.1, -0.05) is 6.07 Å². The quantitative estimate of drug-likeness (QED) is 0.677. The number of hydrogen-bond donors (Lipinski definition) is 3. The standard InChI is InChI=1S/C13H21N3O2/c1-9-4-5-12(11(14)6-9)15-13(18)7-16(3)10(2)8-17/h4-6,10,17H,7-8,14H2,1-3H3,(H,15,18). The average molecular weight is 251 g/mol. The lowest BCUT2D eigenvalue weighted by Gasteiger charge is -2.22. The molecular formula is C13H21N3O2. The summed E-state index contributed by atoms with van der Waals surface area (Å²) in [6.07, 6.45) is 0. The Labute approximate surface area is 108 Å². The molecule has 1 atom stereocenters. The fourth-order valence-electron chi connectivity index (χ4n) is 1.51. The van der Waals surface area contributed by atoms with Crippen LogP contribution in [0.3, 0.4) is 0 Å². The number of benzene rings is 1. The van der Waals surface area contributed by atoms with Crippen molar-refractivity contribution in [2.75, 3.05) is 31.2 Å². The zero-order chi connectivity index (χ0) is 13.7. The number of carbonyl (C=O) groups is 1. The van der Waals surface area contributed by atoms with Crippen LogP contribution in [-0.4, -0.2) is 42.2 Å². The number of aliphatic hydroxyl groups is 1. The van der Waals surface area contributed by atoms with E-state index in [1.165, 1.54) is 0 Å². The van der Waals surface area contributed by atoms with E-state index in [0.717, 1.165) is 5.56 Å². The monoisotopic (exact) mass is 251 g/mol. The SMILES string of the molecule is Cc1ccc(NC(=O)CN(C)C(C)CO)c(N)c1. The summed E-state index contributed by atoms with van der Waals surface area (Å²) in [6.45, 7) is 4.04. The van der Waals surface area contributed by atoms with Gasteiger partial charge in [-0.15, -0.1) is 0 Å². The van der Waals surface area contributed by atoms with Crippen LogP contribution in [0.5, 0.6) is 0 Å². The van der Waals surface area contributed by atoms with Gasteiger partial charge in [0.05, 0.1) is 24.5 Å². The molecule has 4 N–H and O–H groups in total. The van der Waals surface area contributed by atoms with Crippen LogP contribution in [0.25, 0.3) is 0 Å². The third-order valence-corrected chi connectivity index (χ3v) is 2.89. The van der Waals surface area contributed by atoms with E-state index in [-0.39, 0.29) is 25.1 Å². The van der Waals surface area contributed by atoms with Gasteiger partial charge in [-0.05, 0) is 38.6 Å². The number of carbonyl (C=O) groups excluding carboxylic acids is 1. The first kappa shape index (κ1) is 14.5. The molecule has 1 amide bonds. The lowest BCUT2D eigenvalue weighted by molar-refractivity contribution is -0.117. The Bertz CT molecular complexity index is 421. The van der Waals surface area contributed by atoms with Crippen LogP contribution in [0.15, 0.2) is 18.2 Å². The van der Waals surface area contributed by atoms with Gasteiger partial charge in [0.15, 0.2) is 0 Å². The number of anilines is 2. The summed E-state index contributed by atoms with van der Waals surface area (Å²) in [7, 11) is 1.79. The molecule has 0 radical (unpaired) electrons. The van der Waals surface area contributed by atoms with Gasteiger partial charge in [0.2, 0.25) is 5.91 Å². The second-order valence-electron chi connectivity index (χ2n) is 4.59. The molecule has 1 rings (SSSR count). The van der Waals surface area contributed by atoms with Gasteiger partial charge in [0.25, 0.3) is 0 Å². The topological polar surface area (TPSA) is 78.6 Å². The number of aryl methyl sites for hydroxylation is 1. The molecule has 0 heterocycles. The highest BCUT2D eigenvalue weighted by molar-refractivity contribution is 5.95.